The van der Waals surface area contributed by atoms with E-state index in [0.717, 1.165) is 18.7 Å². The molecule has 19 heavy (non-hydrogen) atoms. The topological polar surface area (TPSA) is 77.3 Å². The first kappa shape index (κ1) is 13.8. The molecule has 0 N–H and O–H groups in total. The Hall–Kier alpha value is -1.65. The average Bonchev–Trinajstić information content (AvgIpc) is 2.64. The van der Waals surface area contributed by atoms with Gasteiger partial charge in [0.1, 0.15) is 11.8 Å². The van der Waals surface area contributed by atoms with E-state index in [0.29, 0.717) is 25.3 Å². The predicted molar refractivity (Wildman–Crippen MR) is 72.2 cm³/mol. The number of pyridine rings is 1. The van der Waals surface area contributed by atoms with Gasteiger partial charge in [0.2, 0.25) is 10.0 Å². The van der Waals surface area contributed by atoms with Gasteiger partial charge in [-0.05, 0) is 18.6 Å². The maximum atomic E-state index is 11.5. The lowest BCUT2D eigenvalue weighted by Crippen LogP contribution is -2.34. The number of sulfonamides is 1. The van der Waals surface area contributed by atoms with Crippen LogP contribution in [0.25, 0.3) is 0 Å². The maximum Gasteiger partial charge on any atom is 0.211 e. The van der Waals surface area contributed by atoms with Crippen LogP contribution in [-0.4, -0.2) is 50.1 Å². The largest absolute Gasteiger partial charge is 0.369 e. The molecule has 6 nitrogen and oxygen atoms in total. The standard InChI is InChI=1S/C12H16N4O2S/c1-19(17,18)16-6-2-5-15(7-8-16)12-4-3-11(9-13)14-10-12/h3-4,10H,2,5-8H2,1H3. The fraction of sp³-hybridized carbons (Fsp3) is 0.500. The predicted octanol–water partition coefficient (Wildman–Crippen LogP) is 0.425. The molecule has 0 aliphatic carbocycles. The van der Waals surface area contributed by atoms with E-state index >= 15 is 0 Å². The summed E-state index contributed by atoms with van der Waals surface area (Å²) in [4.78, 5) is 6.13. The molecule has 0 bridgehead atoms. The van der Waals surface area contributed by atoms with Gasteiger partial charge in [-0.25, -0.2) is 17.7 Å². The molecule has 1 aliphatic heterocycles. The van der Waals surface area contributed by atoms with Gasteiger partial charge in [0.05, 0.1) is 18.1 Å². The number of nitriles is 1. The van der Waals surface area contributed by atoms with E-state index < -0.39 is 10.0 Å². The molecule has 1 saturated heterocycles. The molecule has 0 atom stereocenters. The van der Waals surface area contributed by atoms with E-state index in [1.54, 1.807) is 12.3 Å². The monoisotopic (exact) mass is 280 g/mol. The highest BCUT2D eigenvalue weighted by Gasteiger charge is 2.21. The Morgan fingerprint density at radius 1 is 1.26 bits per heavy atom. The summed E-state index contributed by atoms with van der Waals surface area (Å²) >= 11 is 0. The zero-order valence-electron chi connectivity index (χ0n) is 10.8. The maximum absolute atomic E-state index is 11.5. The number of anilines is 1. The van der Waals surface area contributed by atoms with E-state index in [1.807, 2.05) is 12.1 Å². The second-order valence-electron chi connectivity index (χ2n) is 4.52. The molecule has 2 rings (SSSR count). The van der Waals surface area contributed by atoms with Crippen LogP contribution in [-0.2, 0) is 10.0 Å². The van der Waals surface area contributed by atoms with Crippen LogP contribution < -0.4 is 4.90 Å². The quantitative estimate of drug-likeness (QED) is 0.785. The molecule has 0 amide bonds. The molecule has 7 heteroatoms. The van der Waals surface area contributed by atoms with Crippen LogP contribution >= 0.6 is 0 Å². The van der Waals surface area contributed by atoms with Gasteiger partial charge in [0.25, 0.3) is 0 Å². The zero-order chi connectivity index (χ0) is 13.9. The summed E-state index contributed by atoms with van der Waals surface area (Å²) in [7, 11) is -3.12. The van der Waals surface area contributed by atoms with Crippen molar-refractivity contribution in [3.63, 3.8) is 0 Å². The van der Waals surface area contributed by atoms with Crippen molar-refractivity contribution in [2.75, 3.05) is 37.3 Å². The van der Waals surface area contributed by atoms with E-state index in [9.17, 15) is 8.42 Å². The van der Waals surface area contributed by atoms with Gasteiger partial charge in [-0.1, -0.05) is 0 Å². The first-order chi connectivity index (χ1) is 9.00. The minimum atomic E-state index is -3.12. The summed E-state index contributed by atoms with van der Waals surface area (Å²) in [6.07, 6.45) is 3.69. The minimum Gasteiger partial charge on any atom is -0.369 e. The van der Waals surface area contributed by atoms with Crippen molar-refractivity contribution in [3.05, 3.63) is 24.0 Å². The Kier molecular flexibility index (Phi) is 4.02. The molecule has 1 aromatic rings. The molecule has 0 unspecified atom stereocenters. The van der Waals surface area contributed by atoms with Crippen molar-refractivity contribution < 1.29 is 8.42 Å². The fourth-order valence-electron chi connectivity index (χ4n) is 2.12. The van der Waals surface area contributed by atoms with Crippen LogP contribution in [0, 0.1) is 11.3 Å². The first-order valence-corrected chi connectivity index (χ1v) is 7.92. The highest BCUT2D eigenvalue weighted by Crippen LogP contribution is 2.16. The molecular formula is C12H16N4O2S. The lowest BCUT2D eigenvalue weighted by Gasteiger charge is -2.22. The Balaban J connectivity index is 2.08. The molecule has 0 saturated carbocycles. The molecule has 0 aromatic carbocycles. The molecule has 0 radical (unpaired) electrons. The van der Waals surface area contributed by atoms with Gasteiger partial charge in [0.15, 0.2) is 0 Å². The van der Waals surface area contributed by atoms with Crippen LogP contribution in [0.4, 0.5) is 5.69 Å². The number of hydrogen-bond donors (Lipinski definition) is 0. The Morgan fingerprint density at radius 3 is 2.63 bits per heavy atom. The molecule has 2 heterocycles. The summed E-state index contributed by atoms with van der Waals surface area (Å²) in [6, 6.07) is 5.50. The minimum absolute atomic E-state index is 0.385. The number of nitrogens with zero attached hydrogens (tertiary/aromatic N) is 4. The zero-order valence-corrected chi connectivity index (χ0v) is 11.6. The summed E-state index contributed by atoms with van der Waals surface area (Å²) in [5.74, 6) is 0. The van der Waals surface area contributed by atoms with Crippen molar-refractivity contribution in [3.8, 4) is 6.07 Å². The van der Waals surface area contributed by atoms with Crippen LogP contribution in [0.2, 0.25) is 0 Å². The fourth-order valence-corrected chi connectivity index (χ4v) is 3.00. The van der Waals surface area contributed by atoms with Gasteiger partial charge in [-0.3, -0.25) is 0 Å². The van der Waals surface area contributed by atoms with E-state index in [2.05, 4.69) is 9.88 Å². The molecule has 1 fully saturated rings. The third-order valence-electron chi connectivity index (χ3n) is 3.15. The van der Waals surface area contributed by atoms with Crippen molar-refractivity contribution >= 4 is 15.7 Å². The lowest BCUT2D eigenvalue weighted by molar-refractivity contribution is 0.437. The normalized spacial score (nSPS) is 17.8. The number of aromatic nitrogens is 1. The summed E-state index contributed by atoms with van der Waals surface area (Å²) in [5, 5.41) is 8.71. The number of hydrogen-bond acceptors (Lipinski definition) is 5. The van der Waals surface area contributed by atoms with Gasteiger partial charge in [-0.2, -0.15) is 5.26 Å². The van der Waals surface area contributed by atoms with Crippen LogP contribution in [0.5, 0.6) is 0 Å². The summed E-state index contributed by atoms with van der Waals surface area (Å²) in [6.45, 7) is 2.47. The highest BCUT2D eigenvalue weighted by atomic mass is 32.2. The van der Waals surface area contributed by atoms with Gasteiger partial charge < -0.3 is 4.90 Å². The molecule has 0 spiro atoms. The lowest BCUT2D eigenvalue weighted by atomic mass is 10.3. The third-order valence-corrected chi connectivity index (χ3v) is 4.45. The first-order valence-electron chi connectivity index (χ1n) is 6.07. The van der Waals surface area contributed by atoms with Crippen molar-refractivity contribution in [2.24, 2.45) is 0 Å². The van der Waals surface area contributed by atoms with Crippen LogP contribution in [0.15, 0.2) is 18.3 Å². The van der Waals surface area contributed by atoms with Crippen LogP contribution in [0.3, 0.4) is 0 Å². The van der Waals surface area contributed by atoms with Gasteiger partial charge >= 0.3 is 0 Å². The molecule has 1 aromatic heterocycles. The van der Waals surface area contributed by atoms with E-state index in [-0.39, 0.29) is 0 Å². The SMILES string of the molecule is CS(=O)(=O)N1CCCN(c2ccc(C#N)nc2)CC1. The molecular weight excluding hydrogens is 264 g/mol. The van der Waals surface area contributed by atoms with Gasteiger partial charge in [-0.15, -0.1) is 0 Å². The number of rotatable bonds is 2. The second kappa shape index (κ2) is 5.55. The van der Waals surface area contributed by atoms with Crippen molar-refractivity contribution in [1.29, 1.82) is 5.26 Å². The summed E-state index contributed by atoms with van der Waals surface area (Å²) in [5.41, 5.74) is 1.31. The third kappa shape index (κ3) is 3.43. The van der Waals surface area contributed by atoms with E-state index in [1.165, 1.54) is 10.6 Å². The molecule has 102 valence electrons. The van der Waals surface area contributed by atoms with Gasteiger partial charge in [0, 0.05) is 26.2 Å². The molecule has 1 aliphatic rings. The van der Waals surface area contributed by atoms with Crippen molar-refractivity contribution in [1.82, 2.24) is 9.29 Å². The Morgan fingerprint density at radius 2 is 2.05 bits per heavy atom. The smallest absolute Gasteiger partial charge is 0.211 e. The Labute approximate surface area is 113 Å². The average molecular weight is 280 g/mol. The Bertz CT molecular complexity index is 577. The van der Waals surface area contributed by atoms with E-state index in [4.69, 9.17) is 5.26 Å². The highest BCUT2D eigenvalue weighted by molar-refractivity contribution is 7.88. The summed E-state index contributed by atoms with van der Waals surface area (Å²) < 4.78 is 24.6. The van der Waals surface area contributed by atoms with Crippen molar-refractivity contribution in [2.45, 2.75) is 6.42 Å². The van der Waals surface area contributed by atoms with Crippen LogP contribution in [0.1, 0.15) is 12.1 Å². The second-order valence-corrected chi connectivity index (χ2v) is 6.50.